The second-order valence-electron chi connectivity index (χ2n) is 11.3. The van der Waals surface area contributed by atoms with Crippen LogP contribution in [0, 0.1) is 5.82 Å². The molecule has 2 heterocycles. The molecule has 2 aromatic carbocycles. The van der Waals surface area contributed by atoms with E-state index in [1.54, 1.807) is 32.0 Å². The highest BCUT2D eigenvalue weighted by molar-refractivity contribution is 7.91. The summed E-state index contributed by atoms with van der Waals surface area (Å²) in [6.07, 6.45) is 5.67. The van der Waals surface area contributed by atoms with E-state index in [2.05, 4.69) is 33.6 Å². The van der Waals surface area contributed by atoms with E-state index in [1.807, 2.05) is 6.92 Å². The van der Waals surface area contributed by atoms with E-state index in [0.717, 1.165) is 11.6 Å². The molecule has 0 amide bonds. The predicted octanol–water partition coefficient (Wildman–Crippen LogP) is 5.81. The van der Waals surface area contributed by atoms with Crippen LogP contribution < -0.4 is 0 Å². The van der Waals surface area contributed by atoms with Crippen LogP contribution in [0.5, 0.6) is 0 Å². The van der Waals surface area contributed by atoms with Gasteiger partial charge < -0.3 is 9.64 Å². The molecule has 0 spiro atoms. The molecule has 3 aliphatic rings. The monoisotopic (exact) mass is 512 g/mol. The van der Waals surface area contributed by atoms with E-state index in [1.165, 1.54) is 50.4 Å². The number of likely N-dealkylation sites (tertiary alicyclic amines) is 1. The summed E-state index contributed by atoms with van der Waals surface area (Å²) in [7, 11) is -3.79. The van der Waals surface area contributed by atoms with E-state index >= 15 is 0 Å². The van der Waals surface area contributed by atoms with Crippen LogP contribution in [-0.4, -0.2) is 49.2 Å². The molecular formula is C29H37FN2O3S. The fraction of sp³-hybridized carbons (Fsp3) is 0.552. The lowest BCUT2D eigenvalue weighted by Crippen LogP contribution is -2.50. The first-order valence-corrected chi connectivity index (χ1v) is 14.7. The van der Waals surface area contributed by atoms with Gasteiger partial charge in [-0.2, -0.15) is 0 Å². The van der Waals surface area contributed by atoms with E-state index in [0.29, 0.717) is 17.9 Å². The second kappa shape index (κ2) is 9.90. The summed E-state index contributed by atoms with van der Waals surface area (Å²) < 4.78 is 50.9. The number of hydrogen-bond donors (Lipinski definition) is 0. The van der Waals surface area contributed by atoms with Crippen LogP contribution in [0.1, 0.15) is 81.4 Å². The third-order valence-corrected chi connectivity index (χ3v) is 10.0. The Labute approximate surface area is 214 Å². The minimum Gasteiger partial charge on any atom is -0.473 e. The summed E-state index contributed by atoms with van der Waals surface area (Å²) in [5, 5.41) is -0.787. The summed E-state index contributed by atoms with van der Waals surface area (Å²) >= 11 is 0. The molecule has 2 atom stereocenters. The van der Waals surface area contributed by atoms with E-state index < -0.39 is 20.9 Å². The van der Waals surface area contributed by atoms with Crippen molar-refractivity contribution >= 4 is 15.9 Å². The van der Waals surface area contributed by atoms with Crippen LogP contribution >= 0.6 is 0 Å². The standard InChI is InChI=1S/C29H37FN2O3S/c1-20(25-6-4-5-7-26(25)30)18-28-31-36(33,34)27(29(2,3)35-28)19-21-8-10-22(11-9-21)23-14-16-32(17-15-23)24-12-13-24/h4-11,20,23-24,27H,12-19H2,1-3H3/t20-,27-/m1/s1. The van der Waals surface area contributed by atoms with Crippen LogP contribution in [-0.2, 0) is 21.2 Å². The molecule has 2 fully saturated rings. The highest BCUT2D eigenvalue weighted by Gasteiger charge is 2.46. The number of benzene rings is 2. The van der Waals surface area contributed by atoms with Crippen molar-refractivity contribution in [3.63, 3.8) is 0 Å². The molecule has 7 heteroatoms. The Morgan fingerprint density at radius 2 is 1.72 bits per heavy atom. The van der Waals surface area contributed by atoms with Gasteiger partial charge in [0.15, 0.2) is 0 Å². The Bertz CT molecular complexity index is 1210. The van der Waals surface area contributed by atoms with Gasteiger partial charge in [0.25, 0.3) is 10.0 Å². The van der Waals surface area contributed by atoms with Crippen molar-refractivity contribution in [2.75, 3.05) is 13.1 Å². The van der Waals surface area contributed by atoms with Gasteiger partial charge in [-0.05, 0) is 93.6 Å². The molecule has 0 unspecified atom stereocenters. The molecule has 0 radical (unpaired) electrons. The molecule has 1 aliphatic carbocycles. The number of sulfonamides is 1. The summed E-state index contributed by atoms with van der Waals surface area (Å²) in [5.74, 6) is 0.172. The molecule has 0 aromatic heterocycles. The molecule has 194 valence electrons. The van der Waals surface area contributed by atoms with E-state index in [4.69, 9.17) is 4.74 Å². The van der Waals surface area contributed by atoms with Crippen LogP contribution in [0.25, 0.3) is 0 Å². The Balaban J connectivity index is 1.25. The topological polar surface area (TPSA) is 59.0 Å². The number of ether oxygens (including phenoxy) is 1. The number of nitrogens with zero attached hydrogens (tertiary/aromatic N) is 2. The molecule has 2 aromatic rings. The maximum absolute atomic E-state index is 14.2. The van der Waals surface area contributed by atoms with Crippen molar-refractivity contribution in [2.45, 2.75) is 88.0 Å². The van der Waals surface area contributed by atoms with Gasteiger partial charge in [0.05, 0.1) is 0 Å². The highest BCUT2D eigenvalue weighted by atomic mass is 32.2. The lowest BCUT2D eigenvalue weighted by Gasteiger charge is -2.37. The van der Waals surface area contributed by atoms with Crippen molar-refractivity contribution in [1.82, 2.24) is 4.90 Å². The third-order valence-electron chi connectivity index (χ3n) is 8.13. The SMILES string of the molecule is C[C@H](CC1=NS(=O)(=O)[C@H](Cc2ccc(C3CCN(C4CC4)CC3)cc2)C(C)(C)O1)c1ccccc1F. The lowest BCUT2D eigenvalue weighted by molar-refractivity contribution is 0.0803. The first-order valence-electron chi connectivity index (χ1n) is 13.2. The molecular weight excluding hydrogens is 475 g/mol. The van der Waals surface area contributed by atoms with Crippen molar-refractivity contribution in [2.24, 2.45) is 4.40 Å². The van der Waals surface area contributed by atoms with Gasteiger partial charge in [-0.15, -0.1) is 4.40 Å². The van der Waals surface area contributed by atoms with E-state index in [-0.39, 0.29) is 24.1 Å². The van der Waals surface area contributed by atoms with Crippen LogP contribution in [0.2, 0.25) is 0 Å². The van der Waals surface area contributed by atoms with Gasteiger partial charge in [-0.1, -0.05) is 49.4 Å². The summed E-state index contributed by atoms with van der Waals surface area (Å²) in [6.45, 7) is 7.82. The normalized spacial score (nSPS) is 25.1. The first kappa shape index (κ1) is 25.4. The molecule has 5 rings (SSSR count). The maximum Gasteiger partial charge on any atom is 0.263 e. The fourth-order valence-corrected chi connectivity index (χ4v) is 7.50. The second-order valence-corrected chi connectivity index (χ2v) is 13.1. The molecule has 1 saturated heterocycles. The van der Waals surface area contributed by atoms with Crippen molar-refractivity contribution in [3.8, 4) is 0 Å². The van der Waals surface area contributed by atoms with Gasteiger partial charge >= 0.3 is 0 Å². The van der Waals surface area contributed by atoms with Crippen molar-refractivity contribution < 1.29 is 17.5 Å². The quantitative estimate of drug-likeness (QED) is 0.470. The maximum atomic E-state index is 14.2. The molecule has 0 N–H and O–H groups in total. The zero-order valence-corrected chi connectivity index (χ0v) is 22.3. The molecule has 36 heavy (non-hydrogen) atoms. The minimum absolute atomic E-state index is 0.153. The minimum atomic E-state index is -3.79. The summed E-state index contributed by atoms with van der Waals surface area (Å²) in [6, 6.07) is 15.8. The lowest BCUT2D eigenvalue weighted by atomic mass is 9.88. The zero-order chi connectivity index (χ0) is 25.5. The molecule has 2 aliphatic heterocycles. The third kappa shape index (κ3) is 5.52. The Morgan fingerprint density at radius 3 is 2.33 bits per heavy atom. The van der Waals surface area contributed by atoms with Crippen LogP contribution in [0.15, 0.2) is 52.9 Å². The average Bonchev–Trinajstić information content (AvgIpc) is 3.67. The van der Waals surface area contributed by atoms with Gasteiger partial charge in [0.2, 0.25) is 5.90 Å². The number of piperidine rings is 1. The van der Waals surface area contributed by atoms with Gasteiger partial charge in [-0.3, -0.25) is 0 Å². The van der Waals surface area contributed by atoms with Crippen LogP contribution in [0.4, 0.5) is 4.39 Å². The smallest absolute Gasteiger partial charge is 0.263 e. The average molecular weight is 513 g/mol. The first-order chi connectivity index (χ1) is 17.1. The van der Waals surface area contributed by atoms with Gasteiger partial charge in [-0.25, -0.2) is 12.8 Å². The summed E-state index contributed by atoms with van der Waals surface area (Å²) in [5.41, 5.74) is 1.90. The highest BCUT2D eigenvalue weighted by Crippen LogP contribution is 2.36. The van der Waals surface area contributed by atoms with Crippen LogP contribution in [0.3, 0.4) is 0 Å². The van der Waals surface area contributed by atoms with Gasteiger partial charge in [0.1, 0.15) is 16.7 Å². The summed E-state index contributed by atoms with van der Waals surface area (Å²) in [4.78, 5) is 2.63. The van der Waals surface area contributed by atoms with Gasteiger partial charge in [0, 0.05) is 12.5 Å². The molecule has 0 bridgehead atoms. The number of halogens is 1. The fourth-order valence-electron chi connectivity index (χ4n) is 5.81. The molecule has 5 nitrogen and oxygen atoms in total. The predicted molar refractivity (Wildman–Crippen MR) is 141 cm³/mol. The molecule has 1 saturated carbocycles. The van der Waals surface area contributed by atoms with Crippen molar-refractivity contribution in [3.05, 3.63) is 71.0 Å². The Hall–Kier alpha value is -2.25. The zero-order valence-electron chi connectivity index (χ0n) is 21.5. The number of rotatable bonds is 7. The number of hydrogen-bond acceptors (Lipinski definition) is 4. The Morgan fingerprint density at radius 1 is 1.06 bits per heavy atom. The van der Waals surface area contributed by atoms with Crippen molar-refractivity contribution in [1.29, 1.82) is 0 Å². The largest absolute Gasteiger partial charge is 0.473 e. The van der Waals surface area contributed by atoms with E-state index in [9.17, 15) is 12.8 Å². The Kier molecular flexibility index (Phi) is 6.98.